The fraction of sp³-hybridized carbons (Fsp3) is 0.800. The first-order valence-electron chi connectivity index (χ1n) is 7.72. The summed E-state index contributed by atoms with van der Waals surface area (Å²) in [5, 5.41) is 6.81. The van der Waals surface area contributed by atoms with Crippen LogP contribution in [0.2, 0.25) is 0 Å². The molecule has 114 valence electrons. The van der Waals surface area contributed by atoms with Crippen LogP contribution in [-0.4, -0.2) is 41.7 Å². The third-order valence-electron chi connectivity index (χ3n) is 3.72. The van der Waals surface area contributed by atoms with E-state index in [1.54, 1.807) is 11.3 Å². The van der Waals surface area contributed by atoms with Crippen LogP contribution < -0.4 is 5.32 Å². The summed E-state index contributed by atoms with van der Waals surface area (Å²) in [4.78, 5) is 7.26. The minimum Gasteiger partial charge on any atom is -0.376 e. The Hall–Kier alpha value is -0.490. The molecule has 1 aromatic rings. The third-order valence-corrected chi connectivity index (χ3v) is 4.62. The Balaban J connectivity index is 1.88. The number of hydrogen-bond donors (Lipinski definition) is 1. The lowest BCUT2D eigenvalue weighted by molar-refractivity contribution is -0.0595. The molecular formula is C15H27N3OS. The minimum atomic E-state index is 0.335. The molecule has 1 aliphatic rings. The number of morpholine rings is 1. The van der Waals surface area contributed by atoms with E-state index in [2.05, 4.69) is 36.4 Å². The van der Waals surface area contributed by atoms with Crippen LogP contribution in [0.5, 0.6) is 0 Å². The molecule has 2 rings (SSSR count). The number of aromatic nitrogens is 1. The van der Waals surface area contributed by atoms with Crippen LogP contribution >= 0.6 is 11.3 Å². The van der Waals surface area contributed by atoms with Crippen molar-refractivity contribution in [2.24, 2.45) is 0 Å². The van der Waals surface area contributed by atoms with Gasteiger partial charge in [0.25, 0.3) is 0 Å². The second-order valence-corrected chi connectivity index (χ2v) is 6.49. The van der Waals surface area contributed by atoms with Gasteiger partial charge in [0.05, 0.1) is 18.4 Å². The Morgan fingerprint density at radius 3 is 3.10 bits per heavy atom. The first kappa shape index (κ1) is 15.9. The van der Waals surface area contributed by atoms with Crippen LogP contribution in [0, 0.1) is 0 Å². The largest absolute Gasteiger partial charge is 0.376 e. The summed E-state index contributed by atoms with van der Waals surface area (Å²) in [6, 6.07) is 0.537. The van der Waals surface area contributed by atoms with Gasteiger partial charge in [-0.2, -0.15) is 0 Å². The molecule has 1 aromatic heterocycles. The van der Waals surface area contributed by atoms with E-state index in [0.29, 0.717) is 12.1 Å². The van der Waals surface area contributed by atoms with Crippen molar-refractivity contribution in [3.8, 4) is 0 Å². The number of nitrogens with zero attached hydrogens (tertiary/aromatic N) is 2. The predicted octanol–water partition coefficient (Wildman–Crippen LogP) is 2.64. The molecule has 0 aromatic carbocycles. The van der Waals surface area contributed by atoms with Crippen molar-refractivity contribution in [1.29, 1.82) is 0 Å². The summed E-state index contributed by atoms with van der Waals surface area (Å²) in [7, 11) is 0. The topological polar surface area (TPSA) is 37.4 Å². The van der Waals surface area contributed by atoms with Crippen molar-refractivity contribution in [3.63, 3.8) is 0 Å². The number of nitrogens with one attached hydrogen (secondary N) is 1. The molecule has 2 unspecified atom stereocenters. The molecule has 1 aliphatic heterocycles. The second-order valence-electron chi connectivity index (χ2n) is 5.54. The van der Waals surface area contributed by atoms with E-state index in [1.165, 1.54) is 17.1 Å². The molecule has 0 aliphatic carbocycles. The van der Waals surface area contributed by atoms with Gasteiger partial charge >= 0.3 is 0 Å². The Morgan fingerprint density at radius 2 is 2.35 bits per heavy atom. The van der Waals surface area contributed by atoms with Crippen molar-refractivity contribution in [2.45, 2.75) is 58.8 Å². The zero-order chi connectivity index (χ0) is 14.4. The summed E-state index contributed by atoms with van der Waals surface area (Å²) in [6.45, 7) is 11.4. The maximum Gasteiger partial charge on any atom is 0.107 e. The van der Waals surface area contributed by atoms with Crippen LogP contribution in [0.25, 0.3) is 0 Å². The van der Waals surface area contributed by atoms with Crippen molar-refractivity contribution in [1.82, 2.24) is 15.2 Å². The van der Waals surface area contributed by atoms with Gasteiger partial charge in [0.2, 0.25) is 0 Å². The molecule has 0 bridgehead atoms. The summed E-state index contributed by atoms with van der Waals surface area (Å²) in [6.07, 6.45) is 2.64. The number of hydrogen-bond acceptors (Lipinski definition) is 5. The van der Waals surface area contributed by atoms with Crippen LogP contribution in [0.1, 0.15) is 44.3 Å². The van der Waals surface area contributed by atoms with Crippen molar-refractivity contribution >= 4 is 11.3 Å². The lowest BCUT2D eigenvalue weighted by Gasteiger charge is -2.37. The van der Waals surface area contributed by atoms with E-state index in [0.717, 1.165) is 39.2 Å². The maximum absolute atomic E-state index is 5.75. The highest BCUT2D eigenvalue weighted by Gasteiger charge is 2.25. The highest BCUT2D eigenvalue weighted by molar-refractivity contribution is 7.09. The zero-order valence-electron chi connectivity index (χ0n) is 12.9. The maximum atomic E-state index is 5.75. The molecule has 2 heterocycles. The Morgan fingerprint density at radius 1 is 1.50 bits per heavy atom. The average Bonchev–Trinajstić information content (AvgIpc) is 2.87. The van der Waals surface area contributed by atoms with Gasteiger partial charge in [-0.25, -0.2) is 4.98 Å². The van der Waals surface area contributed by atoms with Crippen LogP contribution in [0.4, 0.5) is 0 Å². The van der Waals surface area contributed by atoms with Crippen LogP contribution in [0.3, 0.4) is 0 Å². The molecule has 0 radical (unpaired) electrons. The molecule has 0 amide bonds. The van der Waals surface area contributed by atoms with Gasteiger partial charge in [0.1, 0.15) is 5.01 Å². The normalized spacial score (nSPS) is 24.1. The summed E-state index contributed by atoms with van der Waals surface area (Å²) in [5.41, 5.74) is 1.20. The highest BCUT2D eigenvalue weighted by atomic mass is 32.1. The van der Waals surface area contributed by atoms with E-state index in [9.17, 15) is 0 Å². The van der Waals surface area contributed by atoms with E-state index in [1.807, 2.05) is 0 Å². The van der Waals surface area contributed by atoms with E-state index >= 15 is 0 Å². The standard InChI is InChI=1S/C15H27N3OS/c1-4-6-16-7-15-17-13(11-20-15)9-18-8-12(3)19-10-14(18)5-2/h11-12,14,16H,4-10H2,1-3H3. The number of rotatable bonds is 7. The van der Waals surface area contributed by atoms with Gasteiger partial charge in [0.15, 0.2) is 0 Å². The third kappa shape index (κ3) is 4.52. The Kier molecular flexibility index (Phi) is 6.42. The lowest BCUT2D eigenvalue weighted by atomic mass is 10.1. The zero-order valence-corrected chi connectivity index (χ0v) is 13.7. The molecule has 1 saturated heterocycles. The van der Waals surface area contributed by atoms with Gasteiger partial charge in [0, 0.05) is 31.1 Å². The molecule has 1 N–H and O–H groups in total. The van der Waals surface area contributed by atoms with Gasteiger partial charge < -0.3 is 10.1 Å². The lowest BCUT2D eigenvalue weighted by Crippen LogP contribution is -2.47. The van der Waals surface area contributed by atoms with Gasteiger partial charge in [-0.3, -0.25) is 4.90 Å². The first-order valence-corrected chi connectivity index (χ1v) is 8.60. The predicted molar refractivity (Wildman–Crippen MR) is 84.0 cm³/mol. The molecule has 0 saturated carbocycles. The quantitative estimate of drug-likeness (QED) is 0.785. The van der Waals surface area contributed by atoms with Gasteiger partial charge in [-0.1, -0.05) is 13.8 Å². The van der Waals surface area contributed by atoms with E-state index < -0.39 is 0 Å². The minimum absolute atomic E-state index is 0.335. The first-order chi connectivity index (χ1) is 9.72. The molecule has 0 spiro atoms. The second kappa shape index (κ2) is 8.08. The number of thiazole rings is 1. The molecule has 5 heteroatoms. The van der Waals surface area contributed by atoms with Crippen molar-refractivity contribution in [3.05, 3.63) is 16.1 Å². The fourth-order valence-corrected chi connectivity index (χ4v) is 3.32. The molecule has 2 atom stereocenters. The SMILES string of the molecule is CCCNCc1nc(CN2CC(C)OCC2CC)cs1. The van der Waals surface area contributed by atoms with Crippen molar-refractivity contribution < 1.29 is 4.74 Å². The smallest absolute Gasteiger partial charge is 0.107 e. The molecule has 1 fully saturated rings. The summed E-state index contributed by atoms with van der Waals surface area (Å²) in [5.74, 6) is 0. The van der Waals surface area contributed by atoms with Gasteiger partial charge in [-0.05, 0) is 26.3 Å². The molecular weight excluding hydrogens is 270 g/mol. The Bertz CT molecular complexity index is 396. The fourth-order valence-electron chi connectivity index (χ4n) is 2.57. The van der Waals surface area contributed by atoms with Crippen LogP contribution in [0.15, 0.2) is 5.38 Å². The molecule has 4 nitrogen and oxygen atoms in total. The Labute approximate surface area is 126 Å². The van der Waals surface area contributed by atoms with Gasteiger partial charge in [-0.15, -0.1) is 11.3 Å². The average molecular weight is 297 g/mol. The summed E-state index contributed by atoms with van der Waals surface area (Å²) >= 11 is 1.77. The van der Waals surface area contributed by atoms with Crippen molar-refractivity contribution in [2.75, 3.05) is 19.7 Å². The van der Waals surface area contributed by atoms with E-state index in [4.69, 9.17) is 9.72 Å². The number of ether oxygens (including phenoxy) is 1. The van der Waals surface area contributed by atoms with E-state index in [-0.39, 0.29) is 0 Å². The summed E-state index contributed by atoms with van der Waals surface area (Å²) < 4.78 is 5.75. The monoisotopic (exact) mass is 297 g/mol. The molecule has 20 heavy (non-hydrogen) atoms. The highest BCUT2D eigenvalue weighted by Crippen LogP contribution is 2.19. The van der Waals surface area contributed by atoms with Crippen LogP contribution in [-0.2, 0) is 17.8 Å².